The van der Waals surface area contributed by atoms with Gasteiger partial charge in [-0.1, -0.05) is 54.6 Å². The lowest BCUT2D eigenvalue weighted by Gasteiger charge is -2.27. The van der Waals surface area contributed by atoms with Crippen molar-refractivity contribution in [2.45, 2.75) is 62.3 Å². The first-order valence-corrected chi connectivity index (χ1v) is 16.5. The molecule has 0 saturated carbocycles. The minimum Gasteiger partial charge on any atom is -0.456 e. The molecule has 0 unspecified atom stereocenters. The fraction of sp³-hybridized carbons (Fsp3) is 0.200. The van der Waals surface area contributed by atoms with Crippen LogP contribution >= 0.6 is 0 Å². The monoisotopic (exact) mass is 596 g/mol. The van der Waals surface area contributed by atoms with Crippen molar-refractivity contribution in [3.8, 4) is 22.3 Å². The predicted octanol–water partition coefficient (Wildman–Crippen LogP) is 13.2. The molecule has 0 saturated heterocycles. The summed E-state index contributed by atoms with van der Waals surface area (Å²) < 4.78 is 6.59. The van der Waals surface area contributed by atoms with E-state index in [0.717, 1.165) is 16.7 Å². The molecule has 0 aliphatic carbocycles. The zero-order valence-electron chi connectivity index (χ0n) is 28.4. The van der Waals surface area contributed by atoms with Gasteiger partial charge >= 0.3 is 0 Å². The molecule has 0 fully saturated rings. The highest BCUT2D eigenvalue weighted by Gasteiger charge is 2.26. The molecule has 0 aliphatic rings. The highest BCUT2D eigenvalue weighted by molar-refractivity contribution is 6.26. The van der Waals surface area contributed by atoms with Crippen LogP contribution in [0.2, 0.25) is 0 Å². The molecule has 8 aromatic rings. The quantitative estimate of drug-likeness (QED) is 0.181. The Morgan fingerprint density at radius 1 is 0.391 bits per heavy atom. The lowest BCUT2D eigenvalue weighted by Crippen LogP contribution is -2.03. The fourth-order valence-electron chi connectivity index (χ4n) is 8.19. The maximum atomic E-state index is 6.59. The standard InChI is InChI=1S/C45H40O/c1-23-19-35(21-37-36-20-33-17-13-14-18-34(33)22-38(36)46-45(23)37)44-41-30(8)26(4)24(2)28(6)39(41)43(32-15-11-10-12-16-32)40-29(7)25(3)27(5)31(9)42(40)44/h10-22H,1-9H3. The molecule has 226 valence electrons. The highest BCUT2D eigenvalue weighted by Crippen LogP contribution is 2.51. The molecule has 1 heterocycles. The lowest BCUT2D eigenvalue weighted by molar-refractivity contribution is 0.666. The molecule has 1 aromatic heterocycles. The SMILES string of the molecule is Cc1c(C)c(C)c2c(-c3cc(C)c4oc5cc6ccccc6cc5c4c3)c3c(C)c(C)c(C)c(C)c3c(-c3ccccc3)c2c1C. The number of furan rings is 1. The van der Waals surface area contributed by atoms with Gasteiger partial charge in [0.2, 0.25) is 0 Å². The van der Waals surface area contributed by atoms with Gasteiger partial charge in [-0.25, -0.2) is 0 Å². The Morgan fingerprint density at radius 2 is 0.848 bits per heavy atom. The van der Waals surface area contributed by atoms with Crippen LogP contribution in [0.4, 0.5) is 0 Å². The third kappa shape index (κ3) is 3.81. The van der Waals surface area contributed by atoms with E-state index in [1.54, 1.807) is 0 Å². The van der Waals surface area contributed by atoms with Gasteiger partial charge in [-0.15, -0.1) is 0 Å². The second-order valence-electron chi connectivity index (χ2n) is 13.6. The Bertz CT molecular complexity index is 2510. The minimum absolute atomic E-state index is 0.945. The molecule has 0 bridgehead atoms. The molecular formula is C45H40O. The molecule has 7 aromatic carbocycles. The summed E-state index contributed by atoms with van der Waals surface area (Å²) in [5.74, 6) is 0. The van der Waals surface area contributed by atoms with Gasteiger partial charge in [-0.2, -0.15) is 0 Å². The van der Waals surface area contributed by atoms with Crippen LogP contribution in [-0.2, 0) is 0 Å². The maximum Gasteiger partial charge on any atom is 0.138 e. The van der Waals surface area contributed by atoms with Gasteiger partial charge in [0.15, 0.2) is 0 Å². The molecule has 1 nitrogen and oxygen atoms in total. The van der Waals surface area contributed by atoms with Crippen LogP contribution in [-0.4, -0.2) is 0 Å². The van der Waals surface area contributed by atoms with Gasteiger partial charge in [-0.05, 0) is 191 Å². The smallest absolute Gasteiger partial charge is 0.138 e. The summed E-state index contributed by atoms with van der Waals surface area (Å²) in [7, 11) is 0. The van der Waals surface area contributed by atoms with Gasteiger partial charge in [-0.3, -0.25) is 0 Å². The average Bonchev–Trinajstić information content (AvgIpc) is 3.43. The topological polar surface area (TPSA) is 13.1 Å². The van der Waals surface area contributed by atoms with Gasteiger partial charge in [0.1, 0.15) is 11.2 Å². The number of benzene rings is 7. The summed E-state index contributed by atoms with van der Waals surface area (Å²) in [5.41, 5.74) is 19.3. The van der Waals surface area contributed by atoms with Crippen molar-refractivity contribution in [2.24, 2.45) is 0 Å². The lowest BCUT2D eigenvalue weighted by atomic mass is 9.76. The van der Waals surface area contributed by atoms with E-state index in [1.807, 2.05) is 0 Å². The summed E-state index contributed by atoms with van der Waals surface area (Å²) in [4.78, 5) is 0. The largest absolute Gasteiger partial charge is 0.456 e. The first kappa shape index (κ1) is 28.6. The van der Waals surface area contributed by atoms with E-state index in [4.69, 9.17) is 4.42 Å². The molecule has 0 radical (unpaired) electrons. The summed E-state index contributed by atoms with van der Waals surface area (Å²) in [6.07, 6.45) is 0. The van der Waals surface area contributed by atoms with E-state index in [0.29, 0.717) is 0 Å². The summed E-state index contributed by atoms with van der Waals surface area (Å²) in [5, 5.41) is 10.3. The first-order chi connectivity index (χ1) is 22.1. The molecule has 0 spiro atoms. The number of aryl methyl sites for hydroxylation is 5. The Labute approximate surface area is 271 Å². The van der Waals surface area contributed by atoms with Gasteiger partial charge in [0.25, 0.3) is 0 Å². The number of rotatable bonds is 2. The van der Waals surface area contributed by atoms with Crippen LogP contribution in [0.5, 0.6) is 0 Å². The molecule has 0 atom stereocenters. The predicted molar refractivity (Wildman–Crippen MR) is 200 cm³/mol. The van der Waals surface area contributed by atoms with E-state index in [2.05, 4.69) is 141 Å². The van der Waals surface area contributed by atoms with Crippen molar-refractivity contribution in [1.82, 2.24) is 0 Å². The third-order valence-electron chi connectivity index (χ3n) is 11.4. The third-order valence-corrected chi connectivity index (χ3v) is 11.4. The van der Waals surface area contributed by atoms with Crippen molar-refractivity contribution < 1.29 is 4.42 Å². The Morgan fingerprint density at radius 3 is 1.37 bits per heavy atom. The Balaban J connectivity index is 1.65. The maximum absolute atomic E-state index is 6.59. The van der Waals surface area contributed by atoms with Crippen LogP contribution in [0.1, 0.15) is 50.1 Å². The van der Waals surface area contributed by atoms with Crippen molar-refractivity contribution in [1.29, 1.82) is 0 Å². The van der Waals surface area contributed by atoms with Crippen molar-refractivity contribution in [3.05, 3.63) is 129 Å². The second-order valence-corrected chi connectivity index (χ2v) is 13.6. The zero-order chi connectivity index (χ0) is 32.2. The van der Waals surface area contributed by atoms with Crippen molar-refractivity contribution in [2.75, 3.05) is 0 Å². The summed E-state index contributed by atoms with van der Waals surface area (Å²) >= 11 is 0. The zero-order valence-corrected chi connectivity index (χ0v) is 28.4. The highest BCUT2D eigenvalue weighted by atomic mass is 16.3. The van der Waals surface area contributed by atoms with Crippen LogP contribution in [0.3, 0.4) is 0 Å². The van der Waals surface area contributed by atoms with E-state index in [9.17, 15) is 0 Å². The number of hydrogen-bond acceptors (Lipinski definition) is 1. The minimum atomic E-state index is 0.945. The van der Waals surface area contributed by atoms with E-state index < -0.39 is 0 Å². The summed E-state index contributed by atoms with van der Waals surface area (Å²) in [6, 6.07) is 28.9. The summed E-state index contributed by atoms with van der Waals surface area (Å²) in [6.45, 7) is 20.7. The van der Waals surface area contributed by atoms with Crippen LogP contribution in [0.15, 0.2) is 83.3 Å². The van der Waals surface area contributed by atoms with E-state index >= 15 is 0 Å². The van der Waals surface area contributed by atoms with Gasteiger partial charge in [0, 0.05) is 10.8 Å². The Kier molecular flexibility index (Phi) is 6.25. The van der Waals surface area contributed by atoms with E-state index in [-0.39, 0.29) is 0 Å². The normalized spacial score (nSPS) is 12.0. The van der Waals surface area contributed by atoms with Crippen LogP contribution < -0.4 is 0 Å². The van der Waals surface area contributed by atoms with Gasteiger partial charge in [0.05, 0.1) is 0 Å². The molecule has 1 heteroatoms. The molecule has 8 rings (SSSR count). The van der Waals surface area contributed by atoms with E-state index in [1.165, 1.54) is 110 Å². The first-order valence-electron chi connectivity index (χ1n) is 16.5. The van der Waals surface area contributed by atoms with Crippen LogP contribution in [0, 0.1) is 62.3 Å². The number of hydrogen-bond donors (Lipinski definition) is 0. The Hall–Kier alpha value is -4.88. The second kappa shape index (κ2) is 10.1. The molecule has 0 amide bonds. The molecule has 0 aliphatic heterocycles. The fourth-order valence-corrected chi connectivity index (χ4v) is 8.19. The van der Waals surface area contributed by atoms with Gasteiger partial charge < -0.3 is 4.42 Å². The van der Waals surface area contributed by atoms with Crippen molar-refractivity contribution in [3.63, 3.8) is 0 Å². The number of fused-ring (bicyclic) bond motifs is 6. The molecule has 0 N–H and O–H groups in total. The van der Waals surface area contributed by atoms with Crippen LogP contribution in [0.25, 0.3) is 76.5 Å². The molecular weight excluding hydrogens is 556 g/mol. The average molecular weight is 597 g/mol. The molecule has 46 heavy (non-hydrogen) atoms. The van der Waals surface area contributed by atoms with Crippen molar-refractivity contribution >= 4 is 54.3 Å².